The molecule has 1 unspecified atom stereocenters. The molecule has 0 bridgehead atoms. The van der Waals surface area contributed by atoms with E-state index in [9.17, 15) is 4.79 Å². The van der Waals surface area contributed by atoms with Crippen LogP contribution in [0.5, 0.6) is 0 Å². The molecular formula is C16H21NO2. The number of hydrogen-bond acceptors (Lipinski definition) is 2. The maximum absolute atomic E-state index is 12.9. The van der Waals surface area contributed by atoms with Crippen LogP contribution in [-0.4, -0.2) is 36.6 Å². The van der Waals surface area contributed by atoms with Gasteiger partial charge in [0.25, 0.3) is 0 Å². The number of hydrogen-bond donors (Lipinski definition) is 0. The number of carbonyl (C=O) groups is 1. The molecule has 0 spiro atoms. The molecule has 1 heterocycles. The van der Waals surface area contributed by atoms with E-state index in [-0.39, 0.29) is 11.5 Å². The largest absolute Gasteiger partial charge is 0.375 e. The molecule has 1 saturated heterocycles. The van der Waals surface area contributed by atoms with Gasteiger partial charge in [-0.3, -0.25) is 4.79 Å². The molecular weight excluding hydrogens is 238 g/mol. The molecule has 3 heteroatoms. The summed E-state index contributed by atoms with van der Waals surface area (Å²) in [5.41, 5.74) is 0.934. The predicted molar refractivity (Wildman–Crippen MR) is 74.0 cm³/mol. The quantitative estimate of drug-likeness (QED) is 0.816. The first-order chi connectivity index (χ1) is 9.22. The maximum Gasteiger partial charge on any atom is 0.233 e. The van der Waals surface area contributed by atoms with E-state index in [4.69, 9.17) is 4.74 Å². The van der Waals surface area contributed by atoms with Crippen LogP contribution in [-0.2, 0) is 14.9 Å². The van der Waals surface area contributed by atoms with Crippen LogP contribution in [0.1, 0.15) is 31.7 Å². The average Bonchev–Trinajstić information content (AvgIpc) is 2.38. The molecule has 0 radical (unpaired) electrons. The minimum absolute atomic E-state index is 0.158. The van der Waals surface area contributed by atoms with E-state index in [1.54, 1.807) is 0 Å². The number of nitrogens with zero attached hydrogens (tertiary/aromatic N) is 1. The predicted octanol–water partition coefficient (Wildman–Crippen LogP) is 2.36. The summed E-state index contributed by atoms with van der Waals surface area (Å²) in [5, 5.41) is 0. The zero-order valence-electron chi connectivity index (χ0n) is 11.5. The second kappa shape index (κ2) is 4.97. The molecule has 1 atom stereocenters. The molecule has 1 saturated carbocycles. The van der Waals surface area contributed by atoms with Crippen molar-refractivity contribution < 1.29 is 9.53 Å². The Morgan fingerprint density at radius 2 is 2.05 bits per heavy atom. The lowest BCUT2D eigenvalue weighted by molar-refractivity contribution is -0.147. The average molecular weight is 259 g/mol. The van der Waals surface area contributed by atoms with E-state index < -0.39 is 0 Å². The topological polar surface area (TPSA) is 29.5 Å². The van der Waals surface area contributed by atoms with Gasteiger partial charge < -0.3 is 9.64 Å². The molecule has 2 aliphatic rings. The summed E-state index contributed by atoms with van der Waals surface area (Å²) in [5.74, 6) is 0.306. The van der Waals surface area contributed by atoms with Crippen molar-refractivity contribution in [2.75, 3.05) is 19.7 Å². The lowest BCUT2D eigenvalue weighted by Crippen LogP contribution is -2.55. The number of amides is 1. The van der Waals surface area contributed by atoms with Crippen molar-refractivity contribution in [3.05, 3.63) is 35.9 Å². The van der Waals surface area contributed by atoms with E-state index in [1.807, 2.05) is 30.0 Å². The third-order valence-corrected chi connectivity index (χ3v) is 4.47. The molecule has 0 N–H and O–H groups in total. The Hall–Kier alpha value is -1.35. The van der Waals surface area contributed by atoms with Crippen LogP contribution in [0.15, 0.2) is 30.3 Å². The van der Waals surface area contributed by atoms with E-state index in [1.165, 1.54) is 5.56 Å². The van der Waals surface area contributed by atoms with Gasteiger partial charge in [-0.25, -0.2) is 0 Å². The summed E-state index contributed by atoms with van der Waals surface area (Å²) in [6, 6.07) is 10.3. The Morgan fingerprint density at radius 1 is 1.32 bits per heavy atom. The molecule has 1 aliphatic carbocycles. The highest BCUT2D eigenvalue weighted by atomic mass is 16.5. The van der Waals surface area contributed by atoms with Crippen LogP contribution in [0.3, 0.4) is 0 Å². The Kier molecular flexibility index (Phi) is 3.31. The Balaban J connectivity index is 1.84. The van der Waals surface area contributed by atoms with Gasteiger partial charge in [-0.15, -0.1) is 0 Å². The van der Waals surface area contributed by atoms with Crippen molar-refractivity contribution >= 4 is 5.91 Å². The minimum Gasteiger partial charge on any atom is -0.375 e. The third-order valence-electron chi connectivity index (χ3n) is 4.47. The lowest BCUT2D eigenvalue weighted by atomic mass is 9.63. The van der Waals surface area contributed by atoms with Crippen LogP contribution in [0.2, 0.25) is 0 Å². The van der Waals surface area contributed by atoms with Gasteiger partial charge in [0.15, 0.2) is 0 Å². The Labute approximate surface area is 114 Å². The first-order valence-electron chi connectivity index (χ1n) is 7.19. The van der Waals surface area contributed by atoms with Gasteiger partial charge in [-0.1, -0.05) is 36.8 Å². The van der Waals surface area contributed by atoms with Gasteiger partial charge in [0.2, 0.25) is 5.91 Å². The number of morpholine rings is 1. The monoisotopic (exact) mass is 259 g/mol. The summed E-state index contributed by atoms with van der Waals surface area (Å²) >= 11 is 0. The first-order valence-corrected chi connectivity index (χ1v) is 7.19. The molecule has 19 heavy (non-hydrogen) atoms. The molecule has 102 valence electrons. The molecule has 2 fully saturated rings. The van der Waals surface area contributed by atoms with Crippen LogP contribution < -0.4 is 0 Å². The second-order valence-corrected chi connectivity index (χ2v) is 5.73. The summed E-state index contributed by atoms with van der Waals surface area (Å²) < 4.78 is 5.53. The van der Waals surface area contributed by atoms with Crippen molar-refractivity contribution in [3.63, 3.8) is 0 Å². The zero-order chi connectivity index (χ0) is 13.3. The van der Waals surface area contributed by atoms with Crippen molar-refractivity contribution in [1.82, 2.24) is 4.90 Å². The highest BCUT2D eigenvalue weighted by molar-refractivity contribution is 5.89. The third kappa shape index (κ3) is 2.16. The maximum atomic E-state index is 12.9. The Morgan fingerprint density at radius 3 is 2.63 bits per heavy atom. The number of carbonyl (C=O) groups excluding carboxylic acids is 1. The zero-order valence-corrected chi connectivity index (χ0v) is 11.5. The summed E-state index contributed by atoms with van der Waals surface area (Å²) in [6.07, 6.45) is 3.29. The van der Waals surface area contributed by atoms with Crippen molar-refractivity contribution in [3.8, 4) is 0 Å². The molecule has 1 aromatic rings. The minimum atomic E-state index is -0.252. The molecule has 1 amide bonds. The highest BCUT2D eigenvalue weighted by Gasteiger charge is 2.47. The summed E-state index contributed by atoms with van der Waals surface area (Å²) in [4.78, 5) is 14.9. The number of ether oxygens (including phenoxy) is 1. The van der Waals surface area contributed by atoms with Crippen molar-refractivity contribution in [2.45, 2.75) is 37.7 Å². The molecule has 1 aliphatic heterocycles. The summed E-state index contributed by atoms with van der Waals surface area (Å²) in [7, 11) is 0. The van der Waals surface area contributed by atoms with Crippen LogP contribution in [0.4, 0.5) is 0 Å². The lowest BCUT2D eigenvalue weighted by Gasteiger charge is -2.45. The first kappa shape index (κ1) is 12.7. The van der Waals surface area contributed by atoms with Crippen molar-refractivity contribution in [1.29, 1.82) is 0 Å². The molecule has 0 aromatic heterocycles. The van der Waals surface area contributed by atoms with E-state index in [0.717, 1.165) is 32.4 Å². The van der Waals surface area contributed by atoms with E-state index >= 15 is 0 Å². The SMILES string of the molecule is CC1CN(C(=O)C2(c3ccccc3)CCC2)CCO1. The fourth-order valence-electron chi connectivity index (χ4n) is 3.22. The van der Waals surface area contributed by atoms with Gasteiger partial charge >= 0.3 is 0 Å². The summed E-state index contributed by atoms with van der Waals surface area (Å²) in [6.45, 7) is 4.17. The standard InChI is InChI=1S/C16H21NO2/c1-13-12-17(10-11-19-13)15(18)16(8-5-9-16)14-6-3-2-4-7-14/h2-4,6-7,13H,5,8-12H2,1H3. The molecule has 3 nitrogen and oxygen atoms in total. The second-order valence-electron chi connectivity index (χ2n) is 5.73. The van der Waals surface area contributed by atoms with Gasteiger partial charge in [0, 0.05) is 13.1 Å². The van der Waals surface area contributed by atoms with E-state index in [2.05, 4.69) is 12.1 Å². The normalized spacial score (nSPS) is 25.7. The van der Waals surface area contributed by atoms with Crippen LogP contribution >= 0.6 is 0 Å². The fraction of sp³-hybridized carbons (Fsp3) is 0.562. The van der Waals surface area contributed by atoms with Gasteiger partial charge in [-0.2, -0.15) is 0 Å². The van der Waals surface area contributed by atoms with Crippen molar-refractivity contribution in [2.24, 2.45) is 0 Å². The molecule has 1 aromatic carbocycles. The van der Waals surface area contributed by atoms with Crippen LogP contribution in [0, 0.1) is 0 Å². The molecule has 3 rings (SSSR count). The smallest absolute Gasteiger partial charge is 0.233 e. The highest BCUT2D eigenvalue weighted by Crippen LogP contribution is 2.45. The number of benzene rings is 1. The fourth-order valence-corrected chi connectivity index (χ4v) is 3.22. The number of rotatable bonds is 2. The van der Waals surface area contributed by atoms with Gasteiger partial charge in [0.05, 0.1) is 18.1 Å². The van der Waals surface area contributed by atoms with Gasteiger partial charge in [-0.05, 0) is 25.3 Å². The van der Waals surface area contributed by atoms with Crippen LogP contribution in [0.25, 0.3) is 0 Å². The van der Waals surface area contributed by atoms with Gasteiger partial charge in [0.1, 0.15) is 0 Å². The van der Waals surface area contributed by atoms with E-state index in [0.29, 0.717) is 12.5 Å². The Bertz CT molecular complexity index is 453.